The summed E-state index contributed by atoms with van der Waals surface area (Å²) in [4.78, 5) is 7.96. The number of hydrogen-bond acceptors (Lipinski definition) is 3. The first-order valence-corrected chi connectivity index (χ1v) is 7.04. The van der Waals surface area contributed by atoms with E-state index in [-0.39, 0.29) is 0 Å². The Bertz CT molecular complexity index is 549. The van der Waals surface area contributed by atoms with E-state index in [9.17, 15) is 0 Å². The zero-order valence-corrected chi connectivity index (χ0v) is 11.6. The average Bonchev–Trinajstić information content (AvgIpc) is 2.97. The summed E-state index contributed by atoms with van der Waals surface area (Å²) in [5, 5.41) is 3.40. The first-order valence-electron chi connectivity index (χ1n) is 7.04. The molecule has 0 unspecified atom stereocenters. The predicted molar refractivity (Wildman–Crippen MR) is 75.1 cm³/mol. The second-order valence-electron chi connectivity index (χ2n) is 5.47. The van der Waals surface area contributed by atoms with Gasteiger partial charge >= 0.3 is 0 Å². The van der Waals surface area contributed by atoms with E-state index in [1.54, 1.807) is 0 Å². The van der Waals surface area contributed by atoms with Crippen molar-refractivity contribution in [3.63, 3.8) is 0 Å². The molecule has 1 saturated heterocycles. The van der Waals surface area contributed by atoms with E-state index in [2.05, 4.69) is 21.4 Å². The van der Waals surface area contributed by atoms with Crippen molar-refractivity contribution in [1.82, 2.24) is 15.3 Å². The molecule has 0 aliphatic carbocycles. The molecule has 102 valence electrons. The van der Waals surface area contributed by atoms with Crippen LogP contribution in [0.3, 0.4) is 0 Å². The maximum atomic E-state index is 5.57. The van der Waals surface area contributed by atoms with Crippen LogP contribution < -0.4 is 5.32 Å². The molecule has 3 rings (SSSR count). The van der Waals surface area contributed by atoms with Gasteiger partial charge in [-0.3, -0.25) is 0 Å². The lowest BCUT2D eigenvalue weighted by Gasteiger charge is -2.21. The van der Waals surface area contributed by atoms with E-state index in [0.717, 1.165) is 54.0 Å². The molecular weight excluding hydrogens is 238 g/mol. The zero-order chi connectivity index (χ0) is 13.2. The standard InChI is InChI=1S/C15H21N3O/c1-10-7-13(11(2)19-10)14-9-17-15(18-14)8-12-3-5-16-6-4-12/h7,9,12,16H,3-6,8H2,1-2H3,(H,17,18). The molecule has 0 amide bonds. The molecule has 0 bridgehead atoms. The molecule has 19 heavy (non-hydrogen) atoms. The maximum Gasteiger partial charge on any atom is 0.110 e. The van der Waals surface area contributed by atoms with Crippen LogP contribution in [0, 0.1) is 19.8 Å². The van der Waals surface area contributed by atoms with Crippen molar-refractivity contribution in [2.24, 2.45) is 5.92 Å². The Morgan fingerprint density at radius 2 is 2.11 bits per heavy atom. The van der Waals surface area contributed by atoms with Crippen molar-refractivity contribution in [3.8, 4) is 11.3 Å². The van der Waals surface area contributed by atoms with Gasteiger partial charge in [-0.05, 0) is 51.8 Å². The van der Waals surface area contributed by atoms with E-state index in [1.165, 1.54) is 12.8 Å². The normalized spacial score (nSPS) is 16.9. The molecule has 0 saturated carbocycles. The maximum absolute atomic E-state index is 5.57. The summed E-state index contributed by atoms with van der Waals surface area (Å²) in [5.41, 5.74) is 2.19. The number of furan rings is 1. The number of nitrogens with one attached hydrogen (secondary N) is 2. The van der Waals surface area contributed by atoms with Crippen molar-refractivity contribution in [2.75, 3.05) is 13.1 Å². The lowest BCUT2D eigenvalue weighted by Crippen LogP contribution is -2.28. The third-order valence-electron chi connectivity index (χ3n) is 3.90. The molecule has 2 aromatic rings. The van der Waals surface area contributed by atoms with Gasteiger partial charge in [-0.2, -0.15) is 0 Å². The lowest BCUT2D eigenvalue weighted by atomic mass is 9.94. The minimum atomic E-state index is 0.757. The molecule has 0 atom stereocenters. The van der Waals surface area contributed by atoms with Crippen molar-refractivity contribution >= 4 is 0 Å². The number of hydrogen-bond donors (Lipinski definition) is 2. The van der Waals surface area contributed by atoms with Gasteiger partial charge in [0.1, 0.15) is 17.3 Å². The third-order valence-corrected chi connectivity index (χ3v) is 3.90. The number of imidazole rings is 1. The highest BCUT2D eigenvalue weighted by molar-refractivity contribution is 5.61. The van der Waals surface area contributed by atoms with E-state index in [4.69, 9.17) is 4.42 Å². The lowest BCUT2D eigenvalue weighted by molar-refractivity contribution is 0.368. The van der Waals surface area contributed by atoms with Gasteiger partial charge in [0.15, 0.2) is 0 Å². The molecule has 4 nitrogen and oxygen atoms in total. The summed E-state index contributed by atoms with van der Waals surface area (Å²) in [6, 6.07) is 2.07. The summed E-state index contributed by atoms with van der Waals surface area (Å²) < 4.78 is 5.57. The molecular formula is C15H21N3O. The molecule has 1 aliphatic heterocycles. The number of aryl methyl sites for hydroxylation is 2. The van der Waals surface area contributed by atoms with Crippen LogP contribution in [-0.4, -0.2) is 23.1 Å². The van der Waals surface area contributed by atoms with E-state index < -0.39 is 0 Å². The number of aromatic nitrogens is 2. The second kappa shape index (κ2) is 5.21. The number of nitrogens with zero attached hydrogens (tertiary/aromatic N) is 1. The number of piperidine rings is 1. The fourth-order valence-corrected chi connectivity index (χ4v) is 2.86. The SMILES string of the molecule is Cc1cc(-c2cnc(CC3CCNCC3)[nH]2)c(C)o1. The highest BCUT2D eigenvalue weighted by Crippen LogP contribution is 2.26. The molecule has 2 aromatic heterocycles. The first-order chi connectivity index (χ1) is 9.22. The fourth-order valence-electron chi connectivity index (χ4n) is 2.86. The molecule has 1 aliphatic rings. The van der Waals surface area contributed by atoms with Gasteiger partial charge in [-0.1, -0.05) is 0 Å². The fraction of sp³-hybridized carbons (Fsp3) is 0.533. The van der Waals surface area contributed by atoms with Gasteiger partial charge in [-0.15, -0.1) is 0 Å². The van der Waals surface area contributed by atoms with Crippen molar-refractivity contribution in [2.45, 2.75) is 33.1 Å². The number of aromatic amines is 1. The third kappa shape index (κ3) is 2.73. The van der Waals surface area contributed by atoms with Crippen LogP contribution >= 0.6 is 0 Å². The molecule has 1 fully saturated rings. The van der Waals surface area contributed by atoms with E-state index >= 15 is 0 Å². The highest BCUT2D eigenvalue weighted by Gasteiger charge is 2.16. The Hall–Kier alpha value is -1.55. The van der Waals surface area contributed by atoms with Gasteiger partial charge < -0.3 is 14.7 Å². The number of rotatable bonds is 3. The summed E-state index contributed by atoms with van der Waals surface area (Å²) >= 11 is 0. The van der Waals surface area contributed by atoms with Crippen LogP contribution in [0.4, 0.5) is 0 Å². The number of H-pyrrole nitrogens is 1. The zero-order valence-electron chi connectivity index (χ0n) is 11.6. The van der Waals surface area contributed by atoms with Crippen LogP contribution in [-0.2, 0) is 6.42 Å². The average molecular weight is 259 g/mol. The van der Waals surface area contributed by atoms with Gasteiger partial charge in [0, 0.05) is 12.0 Å². The minimum Gasteiger partial charge on any atom is -0.466 e. The van der Waals surface area contributed by atoms with Crippen LogP contribution in [0.2, 0.25) is 0 Å². The van der Waals surface area contributed by atoms with Gasteiger partial charge in [-0.25, -0.2) is 4.98 Å². The Balaban J connectivity index is 1.74. The quantitative estimate of drug-likeness (QED) is 0.891. The summed E-state index contributed by atoms with van der Waals surface area (Å²) in [6.45, 7) is 6.25. The Kier molecular flexibility index (Phi) is 3.42. The van der Waals surface area contributed by atoms with Gasteiger partial charge in [0.25, 0.3) is 0 Å². The summed E-state index contributed by atoms with van der Waals surface area (Å²) in [5.74, 6) is 3.75. The van der Waals surface area contributed by atoms with Crippen LogP contribution in [0.15, 0.2) is 16.7 Å². The second-order valence-corrected chi connectivity index (χ2v) is 5.47. The molecule has 0 spiro atoms. The Morgan fingerprint density at radius 1 is 1.32 bits per heavy atom. The van der Waals surface area contributed by atoms with Gasteiger partial charge in [0.05, 0.1) is 11.9 Å². The minimum absolute atomic E-state index is 0.757. The molecule has 4 heteroatoms. The summed E-state index contributed by atoms with van der Waals surface area (Å²) in [6.07, 6.45) is 5.48. The molecule has 0 aromatic carbocycles. The highest BCUT2D eigenvalue weighted by atomic mass is 16.3. The predicted octanol–water partition coefficient (Wildman–Crippen LogP) is 2.83. The molecule has 2 N–H and O–H groups in total. The van der Waals surface area contributed by atoms with Crippen molar-refractivity contribution in [3.05, 3.63) is 29.6 Å². The van der Waals surface area contributed by atoms with E-state index in [0.29, 0.717) is 0 Å². The smallest absolute Gasteiger partial charge is 0.110 e. The molecule has 3 heterocycles. The Labute approximate surface area is 113 Å². The molecule has 0 radical (unpaired) electrons. The Morgan fingerprint density at radius 3 is 2.79 bits per heavy atom. The first kappa shape index (κ1) is 12.5. The largest absolute Gasteiger partial charge is 0.466 e. The monoisotopic (exact) mass is 259 g/mol. The van der Waals surface area contributed by atoms with Gasteiger partial charge in [0.2, 0.25) is 0 Å². The van der Waals surface area contributed by atoms with E-state index in [1.807, 2.05) is 20.0 Å². The topological polar surface area (TPSA) is 53.9 Å². The van der Waals surface area contributed by atoms with Crippen LogP contribution in [0.1, 0.15) is 30.2 Å². The van der Waals surface area contributed by atoms with Crippen molar-refractivity contribution in [1.29, 1.82) is 0 Å². The van der Waals surface area contributed by atoms with Crippen molar-refractivity contribution < 1.29 is 4.42 Å². The van der Waals surface area contributed by atoms with Crippen LogP contribution in [0.5, 0.6) is 0 Å². The van der Waals surface area contributed by atoms with Crippen LogP contribution in [0.25, 0.3) is 11.3 Å². The summed E-state index contributed by atoms with van der Waals surface area (Å²) in [7, 11) is 0.